The van der Waals surface area contributed by atoms with Gasteiger partial charge in [0, 0.05) is 13.1 Å². The van der Waals surface area contributed by atoms with Gasteiger partial charge in [-0.2, -0.15) is 5.10 Å². The third-order valence-corrected chi connectivity index (χ3v) is 3.63. The Morgan fingerprint density at radius 3 is 2.61 bits per heavy atom. The molecular formula is C13H22N4O. The molecule has 0 aromatic carbocycles. The minimum Gasteiger partial charge on any atom is -0.396 e. The molecule has 0 saturated heterocycles. The maximum atomic E-state index is 12.2. The van der Waals surface area contributed by atoms with Crippen molar-refractivity contribution >= 4 is 11.6 Å². The van der Waals surface area contributed by atoms with Gasteiger partial charge in [-0.25, -0.2) is 0 Å². The molecule has 1 heterocycles. The van der Waals surface area contributed by atoms with Crippen LogP contribution in [0.5, 0.6) is 0 Å². The molecule has 0 bridgehead atoms. The lowest BCUT2D eigenvalue weighted by molar-refractivity contribution is -0.132. The number of nitrogen functional groups attached to an aromatic ring is 1. The second kappa shape index (κ2) is 5.00. The standard InChI is InChI=1S/C13H22N4O/c1-4-16(7-11-5-6-11)12(18)8-17-10(3)13(14)9(2)15-17/h11H,4-8,14H2,1-3H3. The topological polar surface area (TPSA) is 64.2 Å². The summed E-state index contributed by atoms with van der Waals surface area (Å²) in [5, 5.41) is 4.31. The quantitative estimate of drug-likeness (QED) is 0.857. The molecule has 0 radical (unpaired) electrons. The van der Waals surface area contributed by atoms with E-state index in [1.165, 1.54) is 12.8 Å². The first-order valence-electron chi connectivity index (χ1n) is 6.60. The minimum absolute atomic E-state index is 0.134. The summed E-state index contributed by atoms with van der Waals surface area (Å²) in [6.07, 6.45) is 2.52. The van der Waals surface area contributed by atoms with Gasteiger partial charge in [0.2, 0.25) is 5.91 Å². The molecule has 1 saturated carbocycles. The fourth-order valence-corrected chi connectivity index (χ4v) is 2.11. The molecular weight excluding hydrogens is 228 g/mol. The summed E-state index contributed by atoms with van der Waals surface area (Å²) in [4.78, 5) is 14.1. The van der Waals surface area contributed by atoms with E-state index in [1.54, 1.807) is 4.68 Å². The lowest BCUT2D eigenvalue weighted by Crippen LogP contribution is -2.35. The summed E-state index contributed by atoms with van der Waals surface area (Å²) >= 11 is 0. The third kappa shape index (κ3) is 2.66. The van der Waals surface area contributed by atoms with Crippen molar-refractivity contribution in [3.05, 3.63) is 11.4 Å². The normalized spacial score (nSPS) is 14.8. The van der Waals surface area contributed by atoms with Crippen LogP contribution in [-0.4, -0.2) is 33.7 Å². The number of amides is 1. The van der Waals surface area contributed by atoms with Gasteiger partial charge in [0.1, 0.15) is 6.54 Å². The van der Waals surface area contributed by atoms with Crippen molar-refractivity contribution in [1.82, 2.24) is 14.7 Å². The summed E-state index contributed by atoms with van der Waals surface area (Å²) in [6.45, 7) is 7.75. The van der Waals surface area contributed by atoms with Crippen LogP contribution in [0.3, 0.4) is 0 Å². The summed E-state index contributed by atoms with van der Waals surface area (Å²) in [7, 11) is 0. The Balaban J connectivity index is 2.02. The number of hydrogen-bond donors (Lipinski definition) is 1. The number of aromatic nitrogens is 2. The highest BCUT2D eigenvalue weighted by atomic mass is 16.2. The van der Waals surface area contributed by atoms with Crippen molar-refractivity contribution in [2.75, 3.05) is 18.8 Å². The molecule has 0 aliphatic heterocycles. The van der Waals surface area contributed by atoms with Crippen LogP contribution in [0.25, 0.3) is 0 Å². The van der Waals surface area contributed by atoms with Gasteiger partial charge in [0.05, 0.1) is 17.1 Å². The third-order valence-electron chi connectivity index (χ3n) is 3.63. The van der Waals surface area contributed by atoms with E-state index in [4.69, 9.17) is 5.73 Å². The van der Waals surface area contributed by atoms with E-state index in [9.17, 15) is 4.79 Å². The summed E-state index contributed by atoms with van der Waals surface area (Å²) in [6, 6.07) is 0. The highest BCUT2D eigenvalue weighted by molar-refractivity contribution is 5.76. The average molecular weight is 250 g/mol. The Morgan fingerprint density at radius 1 is 1.50 bits per heavy atom. The van der Waals surface area contributed by atoms with E-state index >= 15 is 0 Å². The van der Waals surface area contributed by atoms with Gasteiger partial charge in [-0.15, -0.1) is 0 Å². The van der Waals surface area contributed by atoms with Gasteiger partial charge in [-0.3, -0.25) is 9.48 Å². The van der Waals surface area contributed by atoms with Crippen LogP contribution in [0.2, 0.25) is 0 Å². The van der Waals surface area contributed by atoms with Crippen molar-refractivity contribution < 1.29 is 4.79 Å². The van der Waals surface area contributed by atoms with Gasteiger partial charge in [0.15, 0.2) is 0 Å². The zero-order valence-electron chi connectivity index (χ0n) is 11.4. The number of hydrogen-bond acceptors (Lipinski definition) is 3. The van der Waals surface area contributed by atoms with Gasteiger partial charge in [-0.05, 0) is 39.5 Å². The summed E-state index contributed by atoms with van der Waals surface area (Å²) in [5.41, 5.74) is 8.23. The lowest BCUT2D eigenvalue weighted by atomic mass is 10.3. The Bertz CT molecular complexity index is 448. The first-order valence-corrected chi connectivity index (χ1v) is 6.60. The van der Waals surface area contributed by atoms with Gasteiger partial charge >= 0.3 is 0 Å². The monoisotopic (exact) mass is 250 g/mol. The SMILES string of the molecule is CCN(CC1CC1)C(=O)Cn1nc(C)c(N)c1C. The van der Waals surface area contributed by atoms with Crippen LogP contribution < -0.4 is 5.73 Å². The van der Waals surface area contributed by atoms with Gasteiger partial charge in [-0.1, -0.05) is 0 Å². The van der Waals surface area contributed by atoms with Crippen LogP contribution in [0.1, 0.15) is 31.2 Å². The number of carbonyl (C=O) groups excluding carboxylic acids is 1. The number of carbonyl (C=O) groups is 1. The zero-order chi connectivity index (χ0) is 13.3. The first-order chi connectivity index (χ1) is 8.52. The van der Waals surface area contributed by atoms with E-state index in [0.717, 1.165) is 30.4 Å². The molecule has 1 amide bonds. The predicted molar refractivity (Wildman–Crippen MR) is 71.1 cm³/mol. The van der Waals surface area contributed by atoms with E-state index in [1.807, 2.05) is 25.7 Å². The Hall–Kier alpha value is -1.52. The Kier molecular flexibility index (Phi) is 3.59. The number of rotatable bonds is 5. The van der Waals surface area contributed by atoms with Crippen molar-refractivity contribution in [3.63, 3.8) is 0 Å². The van der Waals surface area contributed by atoms with E-state index in [2.05, 4.69) is 5.10 Å². The lowest BCUT2D eigenvalue weighted by Gasteiger charge is -2.21. The highest BCUT2D eigenvalue weighted by Gasteiger charge is 2.26. The van der Waals surface area contributed by atoms with Crippen LogP contribution in [0.4, 0.5) is 5.69 Å². The molecule has 5 nitrogen and oxygen atoms in total. The molecule has 1 aliphatic rings. The van der Waals surface area contributed by atoms with Crippen LogP contribution in [-0.2, 0) is 11.3 Å². The molecule has 2 rings (SSSR count). The number of anilines is 1. The molecule has 0 unspecified atom stereocenters. The molecule has 0 atom stereocenters. The highest BCUT2D eigenvalue weighted by Crippen LogP contribution is 2.29. The molecule has 1 aromatic rings. The molecule has 100 valence electrons. The Labute approximate surface area is 108 Å². The predicted octanol–water partition coefficient (Wildman–Crippen LogP) is 1.34. The van der Waals surface area contributed by atoms with Crippen LogP contribution in [0.15, 0.2) is 0 Å². The van der Waals surface area contributed by atoms with Crippen LogP contribution in [0, 0.1) is 19.8 Å². The van der Waals surface area contributed by atoms with Crippen molar-refractivity contribution in [3.8, 4) is 0 Å². The van der Waals surface area contributed by atoms with Crippen LogP contribution >= 0.6 is 0 Å². The molecule has 5 heteroatoms. The molecule has 0 spiro atoms. The second-order valence-electron chi connectivity index (χ2n) is 5.12. The maximum Gasteiger partial charge on any atom is 0.244 e. The largest absolute Gasteiger partial charge is 0.396 e. The van der Waals surface area contributed by atoms with Crippen molar-refractivity contribution in [1.29, 1.82) is 0 Å². The van der Waals surface area contributed by atoms with Gasteiger partial charge < -0.3 is 10.6 Å². The summed E-state index contributed by atoms with van der Waals surface area (Å²) < 4.78 is 1.71. The minimum atomic E-state index is 0.134. The first kappa shape index (κ1) is 12.9. The molecule has 1 aliphatic carbocycles. The fourth-order valence-electron chi connectivity index (χ4n) is 2.11. The number of aryl methyl sites for hydroxylation is 1. The van der Waals surface area contributed by atoms with Gasteiger partial charge in [0.25, 0.3) is 0 Å². The van der Waals surface area contributed by atoms with E-state index in [0.29, 0.717) is 12.2 Å². The molecule has 18 heavy (non-hydrogen) atoms. The number of nitrogens with two attached hydrogens (primary N) is 1. The fraction of sp³-hybridized carbons (Fsp3) is 0.692. The average Bonchev–Trinajstić information content (AvgIpc) is 3.12. The van der Waals surface area contributed by atoms with E-state index in [-0.39, 0.29) is 5.91 Å². The van der Waals surface area contributed by atoms with Crippen molar-refractivity contribution in [2.24, 2.45) is 5.92 Å². The molecule has 2 N–H and O–H groups in total. The smallest absolute Gasteiger partial charge is 0.244 e. The molecule has 1 aromatic heterocycles. The molecule has 1 fully saturated rings. The summed E-state index contributed by atoms with van der Waals surface area (Å²) in [5.74, 6) is 0.856. The maximum absolute atomic E-state index is 12.2. The van der Waals surface area contributed by atoms with Crippen molar-refractivity contribution in [2.45, 2.75) is 40.2 Å². The Morgan fingerprint density at radius 2 is 2.17 bits per heavy atom. The second-order valence-corrected chi connectivity index (χ2v) is 5.12. The van der Waals surface area contributed by atoms with E-state index < -0.39 is 0 Å². The number of nitrogens with zero attached hydrogens (tertiary/aromatic N) is 3. The zero-order valence-corrected chi connectivity index (χ0v) is 11.4. The number of likely N-dealkylation sites (N-methyl/N-ethyl adjacent to an activating group) is 1.